The fourth-order valence-corrected chi connectivity index (χ4v) is 4.00. The van der Waals surface area contributed by atoms with Crippen molar-refractivity contribution in [2.24, 2.45) is 5.41 Å². The molecule has 134 valence electrons. The van der Waals surface area contributed by atoms with Crippen LogP contribution in [0.4, 0.5) is 0 Å². The van der Waals surface area contributed by atoms with Gasteiger partial charge in [-0.2, -0.15) is 0 Å². The first-order valence-electron chi connectivity index (χ1n) is 9.02. The van der Waals surface area contributed by atoms with Crippen molar-refractivity contribution in [3.63, 3.8) is 0 Å². The van der Waals surface area contributed by atoms with Crippen LogP contribution in [0.3, 0.4) is 0 Å². The quantitative estimate of drug-likeness (QED) is 0.851. The molecular weight excluding hydrogens is 328 g/mol. The van der Waals surface area contributed by atoms with Crippen LogP contribution in [0.5, 0.6) is 0 Å². The van der Waals surface area contributed by atoms with Crippen molar-refractivity contribution < 1.29 is 9.59 Å². The number of carbonyl (C=O) groups is 2. The first-order valence-corrected chi connectivity index (χ1v) is 9.02. The van der Waals surface area contributed by atoms with Crippen LogP contribution in [0.2, 0.25) is 0 Å². The Kier molecular flexibility index (Phi) is 4.41. The topological polar surface area (TPSA) is 66.4 Å². The summed E-state index contributed by atoms with van der Waals surface area (Å²) in [5.41, 5.74) is 1.60. The van der Waals surface area contributed by atoms with Crippen LogP contribution in [0.1, 0.15) is 35.3 Å². The first kappa shape index (κ1) is 16.7. The summed E-state index contributed by atoms with van der Waals surface area (Å²) in [6.07, 6.45) is 7.48. The molecular formula is C20H22N4O2. The lowest BCUT2D eigenvalue weighted by atomic mass is 9.77. The second kappa shape index (κ2) is 6.86. The van der Waals surface area contributed by atoms with Gasteiger partial charge in [-0.15, -0.1) is 0 Å². The van der Waals surface area contributed by atoms with Crippen LogP contribution < -0.4 is 0 Å². The zero-order valence-corrected chi connectivity index (χ0v) is 14.7. The number of likely N-dealkylation sites (tertiary alicyclic amines) is 2. The Morgan fingerprint density at radius 2 is 1.85 bits per heavy atom. The summed E-state index contributed by atoms with van der Waals surface area (Å²) in [6.45, 7) is 2.79. The van der Waals surface area contributed by atoms with Gasteiger partial charge in [0.1, 0.15) is 5.69 Å². The highest BCUT2D eigenvalue weighted by atomic mass is 16.2. The molecule has 2 aromatic rings. The number of piperidine rings is 1. The van der Waals surface area contributed by atoms with Gasteiger partial charge in [0.05, 0.1) is 0 Å². The lowest BCUT2D eigenvalue weighted by molar-refractivity contribution is -0.128. The number of nitrogens with zero attached hydrogens (tertiary/aromatic N) is 4. The van der Waals surface area contributed by atoms with E-state index >= 15 is 0 Å². The molecule has 6 heteroatoms. The number of carbonyl (C=O) groups excluding carboxylic acids is 2. The number of aromatic nitrogens is 2. The van der Waals surface area contributed by atoms with E-state index in [4.69, 9.17) is 0 Å². The van der Waals surface area contributed by atoms with E-state index in [1.165, 1.54) is 0 Å². The normalized spacial score (nSPS) is 19.2. The molecule has 26 heavy (non-hydrogen) atoms. The highest BCUT2D eigenvalue weighted by Gasteiger charge is 2.45. The molecule has 2 saturated heterocycles. The molecule has 1 spiro atoms. The van der Waals surface area contributed by atoms with Gasteiger partial charge in [-0.3, -0.25) is 19.6 Å². The van der Waals surface area contributed by atoms with E-state index in [1.54, 1.807) is 24.7 Å². The van der Waals surface area contributed by atoms with Crippen LogP contribution in [0, 0.1) is 5.41 Å². The van der Waals surface area contributed by atoms with Gasteiger partial charge in [-0.05, 0) is 42.7 Å². The summed E-state index contributed by atoms with van der Waals surface area (Å²) in [4.78, 5) is 37.1. The van der Waals surface area contributed by atoms with E-state index in [0.29, 0.717) is 31.7 Å². The van der Waals surface area contributed by atoms with Crippen molar-refractivity contribution in [2.75, 3.05) is 19.6 Å². The molecule has 0 N–H and O–H groups in total. The molecule has 2 fully saturated rings. The van der Waals surface area contributed by atoms with Crippen molar-refractivity contribution in [1.82, 2.24) is 19.8 Å². The van der Waals surface area contributed by atoms with Gasteiger partial charge < -0.3 is 9.80 Å². The number of pyridine rings is 2. The maximum atomic E-state index is 12.6. The van der Waals surface area contributed by atoms with Gasteiger partial charge in [-0.25, -0.2) is 0 Å². The van der Waals surface area contributed by atoms with Crippen molar-refractivity contribution in [3.05, 3.63) is 60.2 Å². The summed E-state index contributed by atoms with van der Waals surface area (Å²) in [5, 5.41) is 0. The van der Waals surface area contributed by atoms with E-state index in [-0.39, 0.29) is 17.2 Å². The Balaban J connectivity index is 1.38. The first-order chi connectivity index (χ1) is 12.7. The van der Waals surface area contributed by atoms with E-state index in [0.717, 1.165) is 24.9 Å². The molecule has 4 rings (SSSR count). The SMILES string of the molecule is O=C1CC2(CCN(C(=O)c3ccccn3)CC2)CN1Cc1ccncc1. The van der Waals surface area contributed by atoms with Gasteiger partial charge in [0.15, 0.2) is 0 Å². The van der Waals surface area contributed by atoms with Crippen LogP contribution in [0.25, 0.3) is 0 Å². The van der Waals surface area contributed by atoms with Gasteiger partial charge in [0, 0.05) is 56.6 Å². The molecule has 0 aromatic carbocycles. The van der Waals surface area contributed by atoms with Crippen molar-refractivity contribution in [3.8, 4) is 0 Å². The summed E-state index contributed by atoms with van der Waals surface area (Å²) in [5.74, 6) is 0.199. The minimum atomic E-state index is -0.0154. The second-order valence-corrected chi connectivity index (χ2v) is 7.29. The Morgan fingerprint density at radius 3 is 2.54 bits per heavy atom. The van der Waals surface area contributed by atoms with E-state index in [1.807, 2.05) is 34.1 Å². The van der Waals surface area contributed by atoms with Gasteiger partial charge in [0.2, 0.25) is 5.91 Å². The number of hydrogen-bond acceptors (Lipinski definition) is 4. The van der Waals surface area contributed by atoms with E-state index < -0.39 is 0 Å². The van der Waals surface area contributed by atoms with E-state index in [2.05, 4.69) is 9.97 Å². The van der Waals surface area contributed by atoms with Crippen molar-refractivity contribution >= 4 is 11.8 Å². The fourth-order valence-electron chi connectivity index (χ4n) is 4.00. The highest BCUT2D eigenvalue weighted by Crippen LogP contribution is 2.41. The van der Waals surface area contributed by atoms with Crippen LogP contribution in [0.15, 0.2) is 48.9 Å². The third kappa shape index (κ3) is 3.31. The number of hydrogen-bond donors (Lipinski definition) is 0. The molecule has 2 aromatic heterocycles. The molecule has 4 heterocycles. The predicted molar refractivity (Wildman–Crippen MR) is 96.1 cm³/mol. The minimum Gasteiger partial charge on any atom is -0.338 e. The zero-order valence-electron chi connectivity index (χ0n) is 14.7. The summed E-state index contributed by atoms with van der Waals surface area (Å²) < 4.78 is 0. The van der Waals surface area contributed by atoms with Gasteiger partial charge >= 0.3 is 0 Å². The molecule has 2 aliphatic heterocycles. The maximum Gasteiger partial charge on any atom is 0.272 e. The van der Waals surface area contributed by atoms with Crippen molar-refractivity contribution in [1.29, 1.82) is 0 Å². The monoisotopic (exact) mass is 350 g/mol. The Hall–Kier alpha value is -2.76. The van der Waals surface area contributed by atoms with Crippen LogP contribution >= 0.6 is 0 Å². The third-order valence-electron chi connectivity index (χ3n) is 5.52. The Bertz CT molecular complexity index is 786. The standard InChI is InChI=1S/C20H22N4O2/c25-18-13-20(15-24(18)14-16-4-9-21-10-5-16)6-11-23(12-7-20)19(26)17-3-1-2-8-22-17/h1-5,8-10H,6-7,11-15H2. The summed E-state index contributed by atoms with van der Waals surface area (Å²) in [7, 11) is 0. The van der Waals surface area contributed by atoms with E-state index in [9.17, 15) is 9.59 Å². The molecule has 0 aliphatic carbocycles. The second-order valence-electron chi connectivity index (χ2n) is 7.29. The summed E-state index contributed by atoms with van der Waals surface area (Å²) in [6, 6.07) is 9.29. The highest BCUT2D eigenvalue weighted by molar-refractivity contribution is 5.92. The third-order valence-corrected chi connectivity index (χ3v) is 5.52. The fraction of sp³-hybridized carbons (Fsp3) is 0.400. The maximum absolute atomic E-state index is 12.6. The predicted octanol–water partition coefficient (Wildman–Crippen LogP) is 2.13. The number of amides is 2. The van der Waals surface area contributed by atoms with Crippen molar-refractivity contribution in [2.45, 2.75) is 25.8 Å². The molecule has 6 nitrogen and oxygen atoms in total. The molecule has 0 saturated carbocycles. The Labute approximate surface area is 152 Å². The zero-order chi connectivity index (χ0) is 18.0. The lowest BCUT2D eigenvalue weighted by Crippen LogP contribution is -2.44. The molecule has 0 atom stereocenters. The summed E-state index contributed by atoms with van der Waals surface area (Å²) >= 11 is 0. The molecule has 2 amide bonds. The molecule has 0 unspecified atom stereocenters. The smallest absolute Gasteiger partial charge is 0.272 e. The largest absolute Gasteiger partial charge is 0.338 e. The van der Waals surface area contributed by atoms with Gasteiger partial charge in [-0.1, -0.05) is 6.07 Å². The van der Waals surface area contributed by atoms with Crippen LogP contribution in [-0.2, 0) is 11.3 Å². The lowest BCUT2D eigenvalue weighted by Gasteiger charge is -2.38. The van der Waals surface area contributed by atoms with Gasteiger partial charge in [0.25, 0.3) is 5.91 Å². The average Bonchev–Trinajstić information content (AvgIpc) is 2.98. The number of rotatable bonds is 3. The average molecular weight is 350 g/mol. The molecule has 0 radical (unpaired) electrons. The minimum absolute atomic E-state index is 0.00497. The van der Waals surface area contributed by atoms with Crippen LogP contribution in [-0.4, -0.2) is 51.2 Å². The Morgan fingerprint density at radius 1 is 1.08 bits per heavy atom. The molecule has 0 bridgehead atoms. The molecule has 2 aliphatic rings.